The molecule has 6 heterocycles. The predicted octanol–water partition coefficient (Wildman–Crippen LogP) is 4.44. The number of benzene rings is 2. The number of aromatic nitrogens is 4. The summed E-state index contributed by atoms with van der Waals surface area (Å²) in [4.78, 5) is 92.5. The van der Waals surface area contributed by atoms with Gasteiger partial charge in [0, 0.05) is 37.9 Å². The van der Waals surface area contributed by atoms with E-state index in [9.17, 15) is 28.8 Å². The first-order chi connectivity index (χ1) is 27.4. The average molecular weight is 925 g/mol. The van der Waals surface area contributed by atoms with Gasteiger partial charge in [-0.15, -0.1) is 0 Å². The van der Waals surface area contributed by atoms with Crippen LogP contribution >= 0.6 is 43.5 Å². The highest BCUT2D eigenvalue weighted by molar-refractivity contribution is 9.10. The lowest BCUT2D eigenvalue weighted by Gasteiger charge is -2.37. The van der Waals surface area contributed by atoms with Crippen molar-refractivity contribution in [2.75, 3.05) is 26.2 Å². The first kappa shape index (κ1) is 41.5. The summed E-state index contributed by atoms with van der Waals surface area (Å²) in [5.41, 5.74) is 0.250. The molecular weight excluding hydrogens is 888 g/mol. The smallest absolute Gasteiger partial charge is 0.325 e. The number of carbonyl (C=O) groups excluding carboxylic acids is 6. The number of carbonyl (C=O) groups is 6. The van der Waals surface area contributed by atoms with Crippen LogP contribution in [0.25, 0.3) is 0 Å². The van der Waals surface area contributed by atoms with Crippen molar-refractivity contribution in [3.05, 3.63) is 117 Å². The molecule has 4 fully saturated rings. The number of hydrogen-bond acceptors (Lipinski definition) is 11. The number of halogens is 3. The van der Waals surface area contributed by atoms with E-state index in [1.165, 1.54) is 34.6 Å². The van der Waals surface area contributed by atoms with Gasteiger partial charge in [-0.25, -0.2) is 29.5 Å². The van der Waals surface area contributed by atoms with Crippen LogP contribution in [0, 0.1) is 0 Å². The summed E-state index contributed by atoms with van der Waals surface area (Å²) < 4.78 is 1.41. The molecule has 4 aliphatic heterocycles. The normalized spacial score (nSPS) is 18.0. The van der Waals surface area contributed by atoms with E-state index in [-0.39, 0.29) is 48.0 Å². The molecule has 2 aromatic carbocycles. The molecular formula is C38H37Br2ClN10O6. The maximum atomic E-state index is 13.0. The molecule has 0 bridgehead atoms. The molecule has 3 N–H and O–H groups in total. The maximum absolute atomic E-state index is 13.0. The van der Waals surface area contributed by atoms with Crippen LogP contribution in [0.15, 0.2) is 94.4 Å². The summed E-state index contributed by atoms with van der Waals surface area (Å²) in [5.74, 6) is -0.451. The van der Waals surface area contributed by atoms with Crippen molar-refractivity contribution in [3.63, 3.8) is 0 Å². The Labute approximate surface area is 349 Å². The van der Waals surface area contributed by atoms with Gasteiger partial charge in [0.1, 0.15) is 11.1 Å². The summed E-state index contributed by atoms with van der Waals surface area (Å²) in [6.07, 6.45) is 8.04. The van der Waals surface area contributed by atoms with Crippen molar-refractivity contribution in [1.82, 2.24) is 50.6 Å². The molecule has 19 heteroatoms. The van der Waals surface area contributed by atoms with Crippen LogP contribution in [-0.4, -0.2) is 107 Å². The second-order valence-corrected chi connectivity index (χ2v) is 15.7. The van der Waals surface area contributed by atoms with E-state index in [4.69, 9.17) is 11.6 Å². The number of rotatable bonds is 6. The number of nitrogens with zero attached hydrogens (tertiary/aromatic N) is 7. The van der Waals surface area contributed by atoms with E-state index in [0.29, 0.717) is 54.3 Å². The molecule has 7 amide bonds. The van der Waals surface area contributed by atoms with Gasteiger partial charge in [-0.2, -0.15) is 0 Å². The molecule has 0 saturated carbocycles. The number of piperidine rings is 2. The van der Waals surface area contributed by atoms with Gasteiger partial charge in [0.2, 0.25) is 11.6 Å². The Morgan fingerprint density at radius 2 is 1.04 bits per heavy atom. The van der Waals surface area contributed by atoms with Crippen molar-refractivity contribution in [2.45, 2.75) is 49.9 Å². The molecule has 4 aliphatic rings. The van der Waals surface area contributed by atoms with E-state index >= 15 is 0 Å². The molecule has 0 unspecified atom stereocenters. The minimum Gasteiger partial charge on any atom is -0.336 e. The lowest BCUT2D eigenvalue weighted by molar-refractivity contribution is -0.133. The summed E-state index contributed by atoms with van der Waals surface area (Å²) in [7, 11) is 0. The minimum absolute atomic E-state index is 0.0184. The van der Waals surface area contributed by atoms with Crippen LogP contribution in [0.2, 0.25) is 0 Å². The topological polar surface area (TPSA) is 200 Å². The summed E-state index contributed by atoms with van der Waals surface area (Å²) in [6.45, 7) is 2.83. The molecule has 0 radical (unpaired) electrons. The molecule has 4 saturated heterocycles. The van der Waals surface area contributed by atoms with Gasteiger partial charge in [0.25, 0.3) is 23.0 Å². The van der Waals surface area contributed by atoms with Crippen molar-refractivity contribution in [2.24, 2.45) is 0 Å². The van der Waals surface area contributed by atoms with Gasteiger partial charge in [-0.3, -0.25) is 29.0 Å². The predicted molar refractivity (Wildman–Crippen MR) is 213 cm³/mol. The highest BCUT2D eigenvalue weighted by Gasteiger charge is 2.53. The van der Waals surface area contributed by atoms with Crippen LogP contribution in [0.1, 0.15) is 58.0 Å². The van der Waals surface area contributed by atoms with Crippen molar-refractivity contribution in [1.29, 1.82) is 0 Å². The highest BCUT2D eigenvalue weighted by atomic mass is 79.9. The standard InChI is InChI=1S/C19H18BrN5O3.C14H17N3O2.C5H2BrClN2O/c20-14-10-21-15(22-11-14)16(26)24-8-6-19(7-9-24)17(27)25(18(28)23-19)12-13-4-2-1-3-5-13;18-12-14(6-8-15-9-7-14)16-13(19)17(12)10-11-4-2-1-3-5-11;6-3-1-8-5(4(7)10)9-2-3/h1-5,10-11H,6-9,12H2,(H,23,28);1-5,15H,6-10H2,(H,16,19);1-2H. The van der Waals surface area contributed by atoms with Crippen LogP contribution in [0.3, 0.4) is 0 Å². The molecule has 296 valence electrons. The van der Waals surface area contributed by atoms with Crippen LogP contribution in [-0.2, 0) is 22.7 Å². The first-order valence-corrected chi connectivity index (χ1v) is 19.9. The number of amides is 7. The fourth-order valence-electron chi connectivity index (χ4n) is 6.77. The molecule has 2 spiro atoms. The van der Waals surface area contributed by atoms with Crippen molar-refractivity contribution < 1.29 is 28.8 Å². The number of urea groups is 2. The van der Waals surface area contributed by atoms with E-state index in [1.807, 2.05) is 60.7 Å². The summed E-state index contributed by atoms with van der Waals surface area (Å²) in [6, 6.07) is 18.3. The maximum Gasteiger partial charge on any atom is 0.325 e. The Morgan fingerprint density at radius 3 is 1.46 bits per heavy atom. The summed E-state index contributed by atoms with van der Waals surface area (Å²) >= 11 is 11.4. The lowest BCUT2D eigenvalue weighted by Crippen LogP contribution is -2.56. The molecule has 0 aliphatic carbocycles. The molecule has 57 heavy (non-hydrogen) atoms. The van der Waals surface area contributed by atoms with Gasteiger partial charge < -0.3 is 20.9 Å². The fraction of sp³-hybridized carbons (Fsp3) is 0.316. The Morgan fingerprint density at radius 1 is 0.632 bits per heavy atom. The van der Waals surface area contributed by atoms with Gasteiger partial charge >= 0.3 is 12.1 Å². The van der Waals surface area contributed by atoms with E-state index in [0.717, 1.165) is 24.2 Å². The quantitative estimate of drug-likeness (QED) is 0.183. The third kappa shape index (κ3) is 9.87. The molecule has 8 rings (SSSR count). The Balaban J connectivity index is 0.000000162. The molecule has 16 nitrogen and oxygen atoms in total. The van der Waals surface area contributed by atoms with E-state index in [1.54, 1.807) is 4.90 Å². The average Bonchev–Trinajstić information content (AvgIpc) is 3.58. The second-order valence-electron chi connectivity index (χ2n) is 13.5. The number of nitrogens with one attached hydrogen (secondary N) is 3. The first-order valence-electron chi connectivity index (χ1n) is 17.9. The van der Waals surface area contributed by atoms with Crippen molar-refractivity contribution >= 4 is 78.5 Å². The Hall–Kier alpha value is -5.17. The molecule has 0 atom stereocenters. The monoisotopic (exact) mass is 922 g/mol. The van der Waals surface area contributed by atoms with Crippen LogP contribution in [0.5, 0.6) is 0 Å². The molecule has 2 aromatic heterocycles. The fourth-order valence-corrected chi connectivity index (χ4v) is 7.28. The number of likely N-dealkylation sites (tertiary alicyclic amines) is 1. The third-order valence-corrected chi connectivity index (χ3v) is 10.8. The Kier molecular flexibility index (Phi) is 13.4. The third-order valence-electron chi connectivity index (χ3n) is 9.83. The summed E-state index contributed by atoms with van der Waals surface area (Å²) in [5, 5.41) is 8.31. The zero-order chi connectivity index (χ0) is 40.6. The zero-order valence-electron chi connectivity index (χ0n) is 30.4. The zero-order valence-corrected chi connectivity index (χ0v) is 34.3. The number of imide groups is 2. The number of hydrogen-bond donors (Lipinski definition) is 3. The Bertz CT molecular complexity index is 2100. The SMILES string of the molecule is O=C(Cl)c1ncc(Br)cn1.O=C(c1ncc(Br)cn1)N1CCC2(CC1)NC(=O)N(Cc1ccccc1)C2=O.O=C1NC2(CCNCC2)C(=O)N1Cc1ccccc1. The van der Waals surface area contributed by atoms with Gasteiger partial charge in [-0.05, 0) is 93.4 Å². The largest absolute Gasteiger partial charge is 0.336 e. The minimum atomic E-state index is -0.941. The van der Waals surface area contributed by atoms with Gasteiger partial charge in [0.15, 0.2) is 0 Å². The van der Waals surface area contributed by atoms with Crippen LogP contribution < -0.4 is 16.0 Å². The van der Waals surface area contributed by atoms with E-state index < -0.39 is 16.3 Å². The lowest BCUT2D eigenvalue weighted by atomic mass is 9.87. The van der Waals surface area contributed by atoms with E-state index in [2.05, 4.69) is 67.7 Å². The van der Waals surface area contributed by atoms with Gasteiger partial charge in [0.05, 0.1) is 22.0 Å². The molecule has 4 aromatic rings. The van der Waals surface area contributed by atoms with Gasteiger partial charge in [-0.1, -0.05) is 60.7 Å². The van der Waals surface area contributed by atoms with Crippen LogP contribution in [0.4, 0.5) is 9.59 Å². The second kappa shape index (κ2) is 18.4. The highest BCUT2D eigenvalue weighted by Crippen LogP contribution is 2.31. The van der Waals surface area contributed by atoms with Crippen molar-refractivity contribution in [3.8, 4) is 0 Å².